The van der Waals surface area contributed by atoms with Crippen molar-refractivity contribution in [3.05, 3.63) is 78.9 Å². The summed E-state index contributed by atoms with van der Waals surface area (Å²) in [4.78, 5) is 14.5. The van der Waals surface area contributed by atoms with Crippen molar-refractivity contribution < 1.29 is 17.9 Å². The minimum Gasteiger partial charge on any atom is -0.484 e. The molecule has 0 spiro atoms. The van der Waals surface area contributed by atoms with Crippen molar-refractivity contribution in [3.63, 3.8) is 0 Å². The molecule has 31 heavy (non-hydrogen) atoms. The van der Waals surface area contributed by atoms with E-state index in [4.69, 9.17) is 4.74 Å². The fourth-order valence-corrected chi connectivity index (χ4v) is 4.70. The summed E-state index contributed by atoms with van der Waals surface area (Å²) in [6.07, 6.45) is 0.711. The summed E-state index contributed by atoms with van der Waals surface area (Å²) in [5.74, 6) is 0.110. The molecule has 0 unspecified atom stereocenters. The predicted octanol–water partition coefficient (Wildman–Crippen LogP) is 4.54. The zero-order chi connectivity index (χ0) is 22.1. The normalized spacial score (nSPS) is 11.1. The number of benzene rings is 3. The lowest BCUT2D eigenvalue weighted by molar-refractivity contribution is -0.118. The summed E-state index contributed by atoms with van der Waals surface area (Å²) >= 11 is 1.56. The first kappa shape index (κ1) is 22.9. The number of rotatable bonds is 10. The summed E-state index contributed by atoms with van der Waals surface area (Å²) < 4.78 is 32.3. The second kappa shape index (κ2) is 11.0. The first-order valence-electron chi connectivity index (χ1n) is 9.82. The van der Waals surface area contributed by atoms with Crippen molar-refractivity contribution in [2.45, 2.75) is 28.0 Å². The van der Waals surface area contributed by atoms with Gasteiger partial charge in [0.2, 0.25) is 10.0 Å². The molecule has 0 aromatic heterocycles. The second-order valence-corrected chi connectivity index (χ2v) is 9.50. The fraction of sp³-hybridized carbons (Fsp3) is 0.174. The Kier molecular flexibility index (Phi) is 8.11. The van der Waals surface area contributed by atoms with Crippen molar-refractivity contribution in [3.8, 4) is 5.75 Å². The molecule has 0 saturated carbocycles. The van der Waals surface area contributed by atoms with Gasteiger partial charge in [-0.25, -0.2) is 13.1 Å². The summed E-state index contributed by atoms with van der Waals surface area (Å²) in [5.41, 5.74) is 0.702. The van der Waals surface area contributed by atoms with Crippen molar-refractivity contribution in [2.24, 2.45) is 0 Å². The van der Waals surface area contributed by atoms with Crippen LogP contribution in [0, 0.1) is 0 Å². The van der Waals surface area contributed by atoms with Crippen molar-refractivity contribution in [2.75, 3.05) is 18.5 Å². The van der Waals surface area contributed by atoms with Crippen LogP contribution in [0.15, 0.2) is 93.5 Å². The zero-order valence-electron chi connectivity index (χ0n) is 17.1. The van der Waals surface area contributed by atoms with Crippen molar-refractivity contribution in [1.82, 2.24) is 4.72 Å². The SMILES string of the molecule is CCCNS(=O)(=O)c1ccc(OCC(=O)Nc2ccccc2Sc2ccccc2)cc1. The molecule has 0 fully saturated rings. The number of para-hydroxylation sites is 1. The Balaban J connectivity index is 1.57. The van der Waals surface area contributed by atoms with Gasteiger partial charge in [-0.3, -0.25) is 4.79 Å². The molecule has 0 aliphatic heterocycles. The molecule has 0 aliphatic rings. The van der Waals surface area contributed by atoms with Gasteiger partial charge < -0.3 is 10.1 Å². The van der Waals surface area contributed by atoms with Gasteiger partial charge in [-0.15, -0.1) is 0 Å². The van der Waals surface area contributed by atoms with Crippen LogP contribution in [-0.4, -0.2) is 27.5 Å². The lowest BCUT2D eigenvalue weighted by atomic mass is 10.3. The Bertz CT molecular complexity index is 1100. The monoisotopic (exact) mass is 456 g/mol. The molecule has 3 aromatic rings. The average molecular weight is 457 g/mol. The molecule has 0 saturated heterocycles. The van der Waals surface area contributed by atoms with E-state index in [1.165, 1.54) is 24.3 Å². The third-order valence-corrected chi connectivity index (χ3v) is 6.74. The van der Waals surface area contributed by atoms with Gasteiger partial charge in [0.25, 0.3) is 5.91 Å². The maximum Gasteiger partial charge on any atom is 0.262 e. The molecule has 0 aliphatic carbocycles. The highest BCUT2D eigenvalue weighted by atomic mass is 32.2. The largest absolute Gasteiger partial charge is 0.484 e. The first-order chi connectivity index (χ1) is 15.0. The van der Waals surface area contributed by atoms with Gasteiger partial charge in [-0.1, -0.05) is 49.0 Å². The zero-order valence-corrected chi connectivity index (χ0v) is 18.7. The van der Waals surface area contributed by atoms with Gasteiger partial charge >= 0.3 is 0 Å². The van der Waals surface area contributed by atoms with Crippen LogP contribution in [-0.2, 0) is 14.8 Å². The van der Waals surface area contributed by atoms with E-state index in [-0.39, 0.29) is 17.4 Å². The summed E-state index contributed by atoms with van der Waals surface area (Å²) in [6, 6.07) is 23.4. The fourth-order valence-electron chi connectivity index (χ4n) is 2.64. The van der Waals surface area contributed by atoms with E-state index in [0.29, 0.717) is 24.4 Å². The highest BCUT2D eigenvalue weighted by Crippen LogP contribution is 2.33. The highest BCUT2D eigenvalue weighted by molar-refractivity contribution is 7.99. The molecule has 162 valence electrons. The number of carbonyl (C=O) groups is 1. The van der Waals surface area contributed by atoms with Crippen LogP contribution < -0.4 is 14.8 Å². The lowest BCUT2D eigenvalue weighted by Crippen LogP contribution is -2.24. The van der Waals surface area contributed by atoms with E-state index < -0.39 is 10.0 Å². The van der Waals surface area contributed by atoms with Gasteiger partial charge in [-0.2, -0.15) is 0 Å². The summed E-state index contributed by atoms with van der Waals surface area (Å²) in [6.45, 7) is 2.08. The number of hydrogen-bond donors (Lipinski definition) is 2. The van der Waals surface area contributed by atoms with Crippen LogP contribution >= 0.6 is 11.8 Å². The molecular formula is C23H24N2O4S2. The summed E-state index contributed by atoms with van der Waals surface area (Å²) in [7, 11) is -3.53. The molecule has 3 rings (SSSR count). The third-order valence-electron chi connectivity index (χ3n) is 4.18. The number of hydrogen-bond acceptors (Lipinski definition) is 5. The number of amides is 1. The Morgan fingerprint density at radius 1 is 0.935 bits per heavy atom. The minimum atomic E-state index is -3.53. The number of carbonyl (C=O) groups excluding carboxylic acids is 1. The first-order valence-corrected chi connectivity index (χ1v) is 12.1. The van der Waals surface area contributed by atoms with Crippen LogP contribution in [0.25, 0.3) is 0 Å². The number of nitrogens with one attached hydrogen (secondary N) is 2. The quantitative estimate of drug-likeness (QED) is 0.468. The van der Waals surface area contributed by atoms with Gasteiger partial charge in [0.15, 0.2) is 6.61 Å². The minimum absolute atomic E-state index is 0.157. The highest BCUT2D eigenvalue weighted by Gasteiger charge is 2.13. The molecular weight excluding hydrogens is 432 g/mol. The van der Waals surface area contributed by atoms with Crippen LogP contribution in [0.4, 0.5) is 5.69 Å². The molecule has 8 heteroatoms. The van der Waals surface area contributed by atoms with E-state index in [1.807, 2.05) is 61.5 Å². The van der Waals surface area contributed by atoms with Crippen LogP contribution in [0.1, 0.15) is 13.3 Å². The molecule has 0 atom stereocenters. The van der Waals surface area contributed by atoms with Crippen molar-refractivity contribution >= 4 is 33.4 Å². The van der Waals surface area contributed by atoms with Crippen molar-refractivity contribution in [1.29, 1.82) is 0 Å². The van der Waals surface area contributed by atoms with E-state index >= 15 is 0 Å². The molecule has 6 nitrogen and oxygen atoms in total. The van der Waals surface area contributed by atoms with E-state index in [1.54, 1.807) is 11.8 Å². The van der Waals surface area contributed by atoms with Gasteiger partial charge in [0.1, 0.15) is 5.75 Å². The predicted molar refractivity (Wildman–Crippen MR) is 123 cm³/mol. The maximum atomic E-state index is 12.4. The van der Waals surface area contributed by atoms with Crippen LogP contribution in [0.5, 0.6) is 5.75 Å². The third kappa shape index (κ3) is 6.85. The smallest absolute Gasteiger partial charge is 0.262 e. The standard InChI is InChI=1S/C23H24N2O4S2/c1-2-16-24-31(27,28)20-14-12-18(13-15-20)29-17-23(26)25-21-10-6-7-11-22(21)30-19-8-4-3-5-9-19/h3-15,24H,2,16-17H2,1H3,(H,25,26). The Labute approximate surface area is 187 Å². The number of anilines is 1. The van der Waals surface area contributed by atoms with Crippen LogP contribution in [0.2, 0.25) is 0 Å². The van der Waals surface area contributed by atoms with E-state index in [9.17, 15) is 13.2 Å². The van der Waals surface area contributed by atoms with Crippen LogP contribution in [0.3, 0.4) is 0 Å². The Hall–Kier alpha value is -2.81. The van der Waals surface area contributed by atoms with Gasteiger partial charge in [0.05, 0.1) is 10.6 Å². The Morgan fingerprint density at radius 2 is 1.61 bits per heavy atom. The molecule has 0 bridgehead atoms. The van der Waals surface area contributed by atoms with Gasteiger partial charge in [0, 0.05) is 16.3 Å². The van der Waals surface area contributed by atoms with Gasteiger partial charge in [-0.05, 0) is 55.0 Å². The molecule has 0 heterocycles. The number of ether oxygens (including phenoxy) is 1. The number of sulfonamides is 1. The van der Waals surface area contributed by atoms with E-state index in [2.05, 4.69) is 10.0 Å². The Morgan fingerprint density at radius 3 is 2.32 bits per heavy atom. The average Bonchev–Trinajstić information content (AvgIpc) is 2.79. The molecule has 0 radical (unpaired) electrons. The lowest BCUT2D eigenvalue weighted by Gasteiger charge is -2.12. The topological polar surface area (TPSA) is 84.5 Å². The molecule has 2 N–H and O–H groups in total. The second-order valence-electron chi connectivity index (χ2n) is 6.62. The van der Waals surface area contributed by atoms with E-state index in [0.717, 1.165) is 9.79 Å². The maximum absolute atomic E-state index is 12.4. The summed E-state index contributed by atoms with van der Waals surface area (Å²) in [5, 5.41) is 2.87. The molecule has 1 amide bonds. The molecule has 3 aromatic carbocycles.